The van der Waals surface area contributed by atoms with E-state index in [0.29, 0.717) is 19.7 Å². The first-order valence-electron chi connectivity index (χ1n) is 7.59. The lowest BCUT2D eigenvalue weighted by Gasteiger charge is -2.25. The molecule has 0 saturated heterocycles. The first-order chi connectivity index (χ1) is 10.7. The average Bonchev–Trinajstić information content (AvgIpc) is 2.98. The van der Waals surface area contributed by atoms with Crippen LogP contribution < -0.4 is 0 Å². The number of hydrogen-bond acceptors (Lipinski definition) is 4. The van der Waals surface area contributed by atoms with E-state index in [4.69, 9.17) is 4.74 Å². The van der Waals surface area contributed by atoms with Crippen molar-refractivity contribution in [1.29, 1.82) is 0 Å². The molecule has 1 aliphatic rings. The summed E-state index contributed by atoms with van der Waals surface area (Å²) in [6.45, 7) is 1.32. The molecule has 0 spiro atoms. The Morgan fingerprint density at radius 3 is 2.73 bits per heavy atom. The van der Waals surface area contributed by atoms with Crippen LogP contribution in [0.3, 0.4) is 0 Å². The number of nitrogens with zero attached hydrogens (tertiary/aromatic N) is 1. The molecule has 0 saturated carbocycles. The van der Waals surface area contributed by atoms with Crippen molar-refractivity contribution in [3.05, 3.63) is 35.4 Å². The third kappa shape index (κ3) is 3.85. The van der Waals surface area contributed by atoms with Crippen LogP contribution in [0.5, 0.6) is 0 Å². The van der Waals surface area contributed by atoms with Gasteiger partial charge in [-0.15, -0.1) is 0 Å². The molecular weight excluding hydrogens is 282 g/mol. The number of carbonyl (C=O) groups is 2. The summed E-state index contributed by atoms with van der Waals surface area (Å²) in [5.41, 5.74) is 2.37. The van der Waals surface area contributed by atoms with Gasteiger partial charge in [-0.2, -0.15) is 0 Å². The minimum absolute atomic E-state index is 0.0749. The molecule has 0 aliphatic heterocycles. The molecule has 22 heavy (non-hydrogen) atoms. The van der Waals surface area contributed by atoms with Gasteiger partial charge < -0.3 is 14.4 Å². The largest absolute Gasteiger partial charge is 0.469 e. The number of methoxy groups -OCH3 is 2. The predicted molar refractivity (Wildman–Crippen MR) is 82.6 cm³/mol. The lowest BCUT2D eigenvalue weighted by Crippen LogP contribution is -2.38. The Labute approximate surface area is 131 Å². The molecule has 1 atom stereocenters. The number of carbonyl (C=O) groups excluding carboxylic acids is 2. The minimum atomic E-state index is -0.304. The van der Waals surface area contributed by atoms with Crippen molar-refractivity contribution in [3.8, 4) is 0 Å². The molecule has 120 valence electrons. The zero-order chi connectivity index (χ0) is 15.9. The third-order valence-electron chi connectivity index (χ3n) is 4.12. The number of benzene rings is 1. The Hall–Kier alpha value is -1.88. The van der Waals surface area contributed by atoms with Gasteiger partial charge in [0.25, 0.3) is 0 Å². The fraction of sp³-hybridized carbons (Fsp3) is 0.529. The first kappa shape index (κ1) is 16.5. The van der Waals surface area contributed by atoms with Gasteiger partial charge >= 0.3 is 5.97 Å². The second-order valence-corrected chi connectivity index (χ2v) is 5.43. The van der Waals surface area contributed by atoms with Crippen LogP contribution in [0.25, 0.3) is 0 Å². The van der Waals surface area contributed by atoms with E-state index >= 15 is 0 Å². The molecule has 0 aromatic heterocycles. The highest BCUT2D eigenvalue weighted by Crippen LogP contribution is 2.34. The maximum absolute atomic E-state index is 12.8. The quantitative estimate of drug-likeness (QED) is 0.720. The van der Waals surface area contributed by atoms with Crippen molar-refractivity contribution in [2.75, 3.05) is 33.9 Å². The van der Waals surface area contributed by atoms with E-state index in [1.165, 1.54) is 12.7 Å². The van der Waals surface area contributed by atoms with E-state index in [9.17, 15) is 9.59 Å². The van der Waals surface area contributed by atoms with Crippen molar-refractivity contribution in [2.45, 2.75) is 25.2 Å². The van der Waals surface area contributed by atoms with Gasteiger partial charge in [0.2, 0.25) is 5.91 Å². The normalized spacial score (nSPS) is 16.2. The van der Waals surface area contributed by atoms with Gasteiger partial charge in [0.1, 0.15) is 0 Å². The summed E-state index contributed by atoms with van der Waals surface area (Å²) in [7, 11) is 2.96. The molecule has 1 aromatic rings. The lowest BCUT2D eigenvalue weighted by molar-refractivity contribution is -0.142. The molecule has 0 radical (unpaired) electrons. The van der Waals surface area contributed by atoms with Crippen molar-refractivity contribution in [3.63, 3.8) is 0 Å². The van der Waals surface area contributed by atoms with Crippen LogP contribution in [0, 0.1) is 0 Å². The minimum Gasteiger partial charge on any atom is -0.469 e. The maximum Gasteiger partial charge on any atom is 0.307 e. The summed E-state index contributed by atoms with van der Waals surface area (Å²) in [5, 5.41) is 0. The van der Waals surface area contributed by atoms with Gasteiger partial charge in [-0.25, -0.2) is 0 Å². The fourth-order valence-electron chi connectivity index (χ4n) is 2.90. The molecule has 1 aromatic carbocycles. The monoisotopic (exact) mass is 305 g/mol. The molecule has 5 nitrogen and oxygen atoms in total. The van der Waals surface area contributed by atoms with Crippen LogP contribution in [-0.4, -0.2) is 50.7 Å². The van der Waals surface area contributed by atoms with Gasteiger partial charge in [-0.3, -0.25) is 9.59 Å². The van der Waals surface area contributed by atoms with Crippen LogP contribution in [0.4, 0.5) is 0 Å². The van der Waals surface area contributed by atoms with E-state index < -0.39 is 0 Å². The molecular formula is C17H23NO4. The highest BCUT2D eigenvalue weighted by molar-refractivity contribution is 5.85. The Kier molecular flexibility index (Phi) is 5.95. The molecule has 5 heteroatoms. The van der Waals surface area contributed by atoms with Gasteiger partial charge in [0.05, 0.1) is 26.1 Å². The van der Waals surface area contributed by atoms with Crippen LogP contribution in [0.2, 0.25) is 0 Å². The summed E-state index contributed by atoms with van der Waals surface area (Å²) < 4.78 is 9.74. The zero-order valence-electron chi connectivity index (χ0n) is 13.2. The Morgan fingerprint density at radius 1 is 1.23 bits per heavy atom. The number of fused-ring (bicyclic) bond motifs is 1. The lowest BCUT2D eigenvalue weighted by atomic mass is 9.99. The molecule has 0 N–H and O–H groups in total. The topological polar surface area (TPSA) is 55.8 Å². The third-order valence-corrected chi connectivity index (χ3v) is 4.12. The number of rotatable bonds is 7. The highest BCUT2D eigenvalue weighted by atomic mass is 16.5. The van der Waals surface area contributed by atoms with E-state index in [1.54, 1.807) is 12.0 Å². The summed E-state index contributed by atoms with van der Waals surface area (Å²) in [4.78, 5) is 25.9. The Balaban J connectivity index is 2.06. The second kappa shape index (κ2) is 7.94. The number of ether oxygens (including phenoxy) is 2. The van der Waals surface area contributed by atoms with Gasteiger partial charge in [-0.1, -0.05) is 24.3 Å². The fourth-order valence-corrected chi connectivity index (χ4v) is 2.90. The first-order valence-corrected chi connectivity index (χ1v) is 7.59. The molecule has 0 heterocycles. The number of aryl methyl sites for hydroxylation is 1. The smallest absolute Gasteiger partial charge is 0.307 e. The Morgan fingerprint density at radius 2 is 2.00 bits per heavy atom. The van der Waals surface area contributed by atoms with E-state index in [-0.39, 0.29) is 24.2 Å². The zero-order valence-corrected chi connectivity index (χ0v) is 13.2. The molecule has 0 bridgehead atoms. The second-order valence-electron chi connectivity index (χ2n) is 5.43. The summed E-state index contributed by atoms with van der Waals surface area (Å²) >= 11 is 0. The SMILES string of the molecule is COCCN(CCC(=O)OC)C(=O)C1CCc2ccccc21. The molecule has 1 aliphatic carbocycles. The van der Waals surface area contributed by atoms with Crippen molar-refractivity contribution in [1.82, 2.24) is 4.90 Å². The van der Waals surface area contributed by atoms with Crippen LogP contribution >= 0.6 is 0 Å². The highest BCUT2D eigenvalue weighted by Gasteiger charge is 2.31. The summed E-state index contributed by atoms with van der Waals surface area (Å²) in [5.74, 6) is -0.335. The average molecular weight is 305 g/mol. The number of esters is 1. The van der Waals surface area contributed by atoms with E-state index in [0.717, 1.165) is 18.4 Å². The Bertz CT molecular complexity index is 529. The van der Waals surface area contributed by atoms with Crippen LogP contribution in [-0.2, 0) is 25.5 Å². The van der Waals surface area contributed by atoms with Gasteiger partial charge in [0, 0.05) is 20.2 Å². The van der Waals surface area contributed by atoms with Crippen LogP contribution in [0.1, 0.15) is 29.9 Å². The maximum atomic E-state index is 12.8. The van der Waals surface area contributed by atoms with Gasteiger partial charge in [-0.05, 0) is 24.0 Å². The molecule has 0 fully saturated rings. The van der Waals surface area contributed by atoms with Crippen molar-refractivity contribution in [2.24, 2.45) is 0 Å². The van der Waals surface area contributed by atoms with Crippen molar-refractivity contribution >= 4 is 11.9 Å². The van der Waals surface area contributed by atoms with Crippen molar-refractivity contribution < 1.29 is 19.1 Å². The number of amides is 1. The van der Waals surface area contributed by atoms with E-state index in [2.05, 4.69) is 10.8 Å². The summed E-state index contributed by atoms with van der Waals surface area (Å²) in [6, 6.07) is 8.08. The molecule has 2 rings (SSSR count). The molecule has 1 amide bonds. The van der Waals surface area contributed by atoms with Crippen LogP contribution in [0.15, 0.2) is 24.3 Å². The standard InChI is InChI=1S/C17H23NO4/c1-21-12-11-18(10-9-16(19)22-2)17(20)15-8-7-13-5-3-4-6-14(13)15/h3-6,15H,7-12H2,1-2H3. The van der Waals surface area contributed by atoms with E-state index in [1.807, 2.05) is 18.2 Å². The summed E-state index contributed by atoms with van der Waals surface area (Å²) in [6.07, 6.45) is 1.97. The predicted octanol–water partition coefficient (Wildman–Crippen LogP) is 1.75. The number of hydrogen-bond donors (Lipinski definition) is 0. The van der Waals surface area contributed by atoms with Gasteiger partial charge in [0.15, 0.2) is 0 Å². The molecule has 1 unspecified atom stereocenters.